The minimum atomic E-state index is -0.710. The molecule has 2 heterocycles. The standard InChI is InChI=1S/C26H28FN3O5S.C26H29N3O5S/c1-33-23-13-18-20(14-24(23)34-2)28-11-10-21(18)35-22-9-8-16(12-19(22)27)29-26(32)30-25(31)15-36-17-6-4-3-5-7-17;1-32-23-14-20-21(15-24(23)33-2)27-13-12-22(20)34-18-10-8-17(9-11-18)28-26(31)29-25(30)16-35-19-6-4-3-5-7-19/h8-14,17H,3-7,15H2,1-2H3,(H2,29,30,31,32);8-15,19H,3-7,16H2,1-2H3,(H2,28,29,30,31). The lowest BCUT2D eigenvalue weighted by Crippen LogP contribution is -2.36. The van der Waals surface area contributed by atoms with Gasteiger partial charge >= 0.3 is 12.1 Å². The van der Waals surface area contributed by atoms with Crippen molar-refractivity contribution in [2.75, 3.05) is 50.6 Å². The molecule has 16 nitrogen and oxygen atoms in total. The van der Waals surface area contributed by atoms with Crippen LogP contribution in [0.5, 0.6) is 46.0 Å². The lowest BCUT2D eigenvalue weighted by molar-refractivity contribution is -0.118. The van der Waals surface area contributed by atoms with E-state index in [1.165, 1.54) is 64.9 Å². The van der Waals surface area contributed by atoms with E-state index in [0.29, 0.717) is 78.6 Å². The van der Waals surface area contributed by atoms with E-state index in [1.54, 1.807) is 105 Å². The molecule has 374 valence electrons. The number of nitrogens with zero attached hydrogens (tertiary/aromatic N) is 2. The molecule has 0 spiro atoms. The van der Waals surface area contributed by atoms with Gasteiger partial charge in [-0.2, -0.15) is 0 Å². The number of urea groups is 2. The normalized spacial score (nSPS) is 13.8. The molecule has 0 atom stereocenters. The molecule has 0 unspecified atom stereocenters. The lowest BCUT2D eigenvalue weighted by Gasteiger charge is -2.20. The van der Waals surface area contributed by atoms with Gasteiger partial charge in [-0.15, -0.1) is 23.5 Å². The van der Waals surface area contributed by atoms with Gasteiger partial charge in [0.05, 0.1) is 51.0 Å². The monoisotopic (exact) mass is 1010 g/mol. The number of fused-ring (bicyclic) bond motifs is 2. The van der Waals surface area contributed by atoms with E-state index in [2.05, 4.69) is 31.2 Å². The number of hydrogen-bond acceptors (Lipinski definition) is 14. The zero-order chi connectivity index (χ0) is 50.1. The van der Waals surface area contributed by atoms with Gasteiger partial charge < -0.3 is 39.1 Å². The van der Waals surface area contributed by atoms with Crippen molar-refractivity contribution >= 4 is 80.6 Å². The maximum Gasteiger partial charge on any atom is 0.325 e. The second-order valence-electron chi connectivity index (χ2n) is 16.6. The molecule has 2 aromatic heterocycles. The number of aromatic nitrogens is 2. The van der Waals surface area contributed by atoms with Gasteiger partial charge in [0.1, 0.15) is 17.2 Å². The van der Waals surface area contributed by atoms with Gasteiger partial charge in [-0.05, 0) is 86.3 Å². The molecule has 4 aromatic carbocycles. The number of benzene rings is 4. The summed E-state index contributed by atoms with van der Waals surface area (Å²) < 4.78 is 48.1. The van der Waals surface area contributed by atoms with Crippen LogP contribution in [0.1, 0.15) is 64.2 Å². The van der Waals surface area contributed by atoms with Crippen LogP contribution >= 0.6 is 23.5 Å². The van der Waals surface area contributed by atoms with Crippen molar-refractivity contribution in [2.24, 2.45) is 0 Å². The smallest absolute Gasteiger partial charge is 0.325 e. The predicted molar refractivity (Wildman–Crippen MR) is 276 cm³/mol. The Bertz CT molecular complexity index is 2810. The Morgan fingerprint density at radius 3 is 1.42 bits per heavy atom. The Kier molecular flexibility index (Phi) is 18.8. The molecule has 2 aliphatic carbocycles. The van der Waals surface area contributed by atoms with Crippen molar-refractivity contribution in [1.29, 1.82) is 0 Å². The third-order valence-corrected chi connectivity index (χ3v) is 14.4. The zero-order valence-corrected chi connectivity index (χ0v) is 41.6. The highest BCUT2D eigenvalue weighted by molar-refractivity contribution is 8.00. The van der Waals surface area contributed by atoms with E-state index in [9.17, 15) is 23.6 Å². The van der Waals surface area contributed by atoms with Crippen LogP contribution < -0.4 is 49.7 Å². The highest BCUT2D eigenvalue weighted by atomic mass is 32.2. The van der Waals surface area contributed by atoms with Crippen molar-refractivity contribution in [3.63, 3.8) is 0 Å². The number of amides is 6. The summed E-state index contributed by atoms with van der Waals surface area (Å²) in [5.41, 5.74) is 2.04. The Labute approximate surface area is 419 Å². The number of rotatable bonds is 16. The van der Waals surface area contributed by atoms with Crippen molar-refractivity contribution in [2.45, 2.75) is 74.7 Å². The van der Waals surface area contributed by atoms with E-state index in [1.807, 2.05) is 6.07 Å². The molecule has 6 amide bonds. The van der Waals surface area contributed by atoms with Gasteiger partial charge in [-0.1, -0.05) is 38.5 Å². The fourth-order valence-corrected chi connectivity index (χ4v) is 10.3. The SMILES string of the molecule is COc1cc2nccc(Oc3ccc(NC(=O)NC(=O)CSC4CCCCC4)cc3)c2cc1OC.COc1cc2nccc(Oc3ccc(NC(=O)NC(=O)CSC4CCCCC4)cc3F)c2cc1OC. The van der Waals surface area contributed by atoms with Gasteiger partial charge in [0.2, 0.25) is 11.8 Å². The van der Waals surface area contributed by atoms with Gasteiger partial charge in [-0.3, -0.25) is 30.2 Å². The molecule has 0 radical (unpaired) electrons. The first-order valence-corrected chi connectivity index (χ1v) is 25.3. The number of methoxy groups -OCH3 is 4. The predicted octanol–water partition coefficient (Wildman–Crippen LogP) is 11.7. The highest BCUT2D eigenvalue weighted by Crippen LogP contribution is 2.39. The van der Waals surface area contributed by atoms with Crippen LogP contribution in [0.4, 0.5) is 25.4 Å². The Hall–Kier alpha value is -6.99. The summed E-state index contributed by atoms with van der Waals surface area (Å²) in [6.07, 6.45) is 15.1. The van der Waals surface area contributed by atoms with Gasteiger partial charge in [-0.25, -0.2) is 14.0 Å². The number of carbonyl (C=O) groups is 4. The zero-order valence-electron chi connectivity index (χ0n) is 40.0. The number of anilines is 2. The molecule has 0 saturated heterocycles. The number of pyridine rings is 2. The number of halogens is 1. The van der Waals surface area contributed by atoms with Gasteiger partial charge in [0.15, 0.2) is 34.6 Å². The summed E-state index contributed by atoms with van der Waals surface area (Å²) in [6.45, 7) is 0. The fraction of sp³-hybridized carbons (Fsp3) is 0.346. The third-order valence-electron chi connectivity index (χ3n) is 11.7. The van der Waals surface area contributed by atoms with Crippen molar-refractivity contribution in [1.82, 2.24) is 20.6 Å². The number of imide groups is 2. The molecule has 6 aromatic rings. The second-order valence-corrected chi connectivity index (χ2v) is 19.2. The number of thioether (sulfide) groups is 2. The maximum atomic E-state index is 14.8. The van der Waals surface area contributed by atoms with Crippen LogP contribution in [-0.2, 0) is 9.59 Å². The molecule has 19 heteroatoms. The van der Waals surface area contributed by atoms with Crippen molar-refractivity contribution in [3.05, 3.63) is 97.1 Å². The number of nitrogens with one attached hydrogen (secondary N) is 4. The van der Waals surface area contributed by atoms with Crippen LogP contribution in [0.15, 0.2) is 91.3 Å². The van der Waals surface area contributed by atoms with Crippen LogP contribution in [0.3, 0.4) is 0 Å². The van der Waals surface area contributed by atoms with Gasteiger partial charge in [0, 0.05) is 63.2 Å². The number of hydrogen-bond donors (Lipinski definition) is 4. The molecule has 0 bridgehead atoms. The minimum absolute atomic E-state index is 0.0387. The first-order chi connectivity index (χ1) is 34.5. The Morgan fingerprint density at radius 2 is 0.958 bits per heavy atom. The van der Waals surface area contributed by atoms with Crippen LogP contribution in [-0.4, -0.2) is 84.3 Å². The average Bonchev–Trinajstić information content (AvgIpc) is 3.38. The molecule has 2 fully saturated rings. The first-order valence-electron chi connectivity index (χ1n) is 23.2. The quantitative estimate of drug-likeness (QED) is 0.0714. The van der Waals surface area contributed by atoms with Gasteiger partial charge in [0.25, 0.3) is 0 Å². The summed E-state index contributed by atoms with van der Waals surface area (Å²) in [7, 11) is 6.20. The number of ether oxygens (including phenoxy) is 6. The summed E-state index contributed by atoms with van der Waals surface area (Å²) in [4.78, 5) is 57.3. The second kappa shape index (κ2) is 25.7. The van der Waals surface area contributed by atoms with E-state index >= 15 is 0 Å². The molecular formula is C52H57FN6O10S2. The van der Waals surface area contributed by atoms with Crippen LogP contribution in [0, 0.1) is 5.82 Å². The Balaban J connectivity index is 0.000000209. The molecular weight excluding hydrogens is 952 g/mol. The maximum absolute atomic E-state index is 14.8. The molecule has 8 rings (SSSR count). The van der Waals surface area contributed by atoms with Crippen molar-refractivity contribution in [3.8, 4) is 46.0 Å². The van der Waals surface area contributed by atoms with E-state index in [-0.39, 0.29) is 29.0 Å². The highest BCUT2D eigenvalue weighted by Gasteiger charge is 2.20. The third kappa shape index (κ3) is 14.8. The van der Waals surface area contributed by atoms with E-state index in [4.69, 9.17) is 28.4 Å². The summed E-state index contributed by atoms with van der Waals surface area (Å²) in [6, 6.07) is 20.1. The first kappa shape index (κ1) is 51.8. The van der Waals surface area contributed by atoms with Crippen molar-refractivity contribution < 1.29 is 52.0 Å². The summed E-state index contributed by atoms with van der Waals surface area (Å²) in [5, 5.41) is 12.2. The van der Waals surface area contributed by atoms with E-state index < -0.39 is 17.9 Å². The summed E-state index contributed by atoms with van der Waals surface area (Å²) in [5.74, 6) is 2.86. The average molecular weight is 1010 g/mol. The molecule has 4 N–H and O–H groups in total. The van der Waals surface area contributed by atoms with Crippen LogP contribution in [0.2, 0.25) is 0 Å². The largest absolute Gasteiger partial charge is 0.493 e. The topological polar surface area (TPSA) is 198 Å². The van der Waals surface area contributed by atoms with E-state index in [0.717, 1.165) is 37.1 Å². The molecule has 2 aliphatic rings. The fourth-order valence-electron chi connectivity index (χ4n) is 8.09. The summed E-state index contributed by atoms with van der Waals surface area (Å²) >= 11 is 3.21. The lowest BCUT2D eigenvalue weighted by atomic mass is 10.0. The molecule has 2 saturated carbocycles. The molecule has 71 heavy (non-hydrogen) atoms. The number of carbonyl (C=O) groups excluding carboxylic acids is 4. The minimum Gasteiger partial charge on any atom is -0.493 e. The molecule has 0 aliphatic heterocycles. The Morgan fingerprint density at radius 1 is 0.521 bits per heavy atom. The van der Waals surface area contributed by atoms with Crippen LogP contribution in [0.25, 0.3) is 21.8 Å².